The fourth-order valence-electron chi connectivity index (χ4n) is 2.21. The van der Waals surface area contributed by atoms with Crippen LogP contribution in [-0.4, -0.2) is 26.7 Å². The molecule has 1 aromatic heterocycles. The van der Waals surface area contributed by atoms with Crippen molar-refractivity contribution in [1.29, 1.82) is 0 Å². The van der Waals surface area contributed by atoms with E-state index in [2.05, 4.69) is 30.5 Å². The van der Waals surface area contributed by atoms with Crippen LogP contribution in [0.3, 0.4) is 0 Å². The highest BCUT2D eigenvalue weighted by Gasteiger charge is 2.25. The van der Waals surface area contributed by atoms with Crippen molar-refractivity contribution >= 4 is 31.9 Å². The summed E-state index contributed by atoms with van der Waals surface area (Å²) < 4.78 is 37.7. The summed E-state index contributed by atoms with van der Waals surface area (Å²) in [5.74, 6) is -0.613. The molecule has 0 amide bonds. The van der Waals surface area contributed by atoms with E-state index in [1.165, 1.54) is 31.6 Å². The number of aromatic nitrogens is 1. The maximum atomic E-state index is 12.6. The number of esters is 1. The van der Waals surface area contributed by atoms with Crippen LogP contribution in [-0.2, 0) is 26.7 Å². The summed E-state index contributed by atoms with van der Waals surface area (Å²) in [6.07, 6.45) is 1.42. The van der Waals surface area contributed by atoms with Gasteiger partial charge in [0.2, 0.25) is 10.0 Å². The first-order valence-electron chi connectivity index (χ1n) is 7.37. The summed E-state index contributed by atoms with van der Waals surface area (Å²) >= 11 is 3.20. The summed E-state index contributed by atoms with van der Waals surface area (Å²) in [5, 5.41) is 3.95. The number of rotatable bonds is 5. The number of ether oxygens (including phenoxy) is 1. The highest BCUT2D eigenvalue weighted by atomic mass is 79.9. The van der Waals surface area contributed by atoms with Crippen molar-refractivity contribution in [1.82, 2.24) is 9.88 Å². The van der Waals surface area contributed by atoms with Crippen molar-refractivity contribution in [2.75, 3.05) is 7.11 Å². The molecule has 2 aromatic rings. The Balaban J connectivity index is 2.29. The van der Waals surface area contributed by atoms with E-state index in [9.17, 15) is 13.2 Å². The van der Waals surface area contributed by atoms with E-state index in [1.54, 1.807) is 0 Å². The average Bonchev–Trinajstić information content (AvgIpc) is 3.01. The third-order valence-corrected chi connectivity index (χ3v) is 5.84. The molecule has 0 bridgehead atoms. The number of carbonyl (C=O) groups is 1. The van der Waals surface area contributed by atoms with Gasteiger partial charge in [-0.1, -0.05) is 25.9 Å². The smallest absolute Gasteiger partial charge is 0.337 e. The second-order valence-corrected chi connectivity index (χ2v) is 8.99. The van der Waals surface area contributed by atoms with E-state index >= 15 is 0 Å². The van der Waals surface area contributed by atoms with Gasteiger partial charge in [-0.15, -0.1) is 0 Å². The van der Waals surface area contributed by atoms with Gasteiger partial charge in [-0.3, -0.25) is 0 Å². The maximum Gasteiger partial charge on any atom is 0.337 e. The second-order valence-electron chi connectivity index (χ2n) is 6.40. The number of hydrogen-bond acceptors (Lipinski definition) is 6. The van der Waals surface area contributed by atoms with Crippen molar-refractivity contribution < 1.29 is 22.5 Å². The van der Waals surface area contributed by atoms with Gasteiger partial charge in [-0.2, -0.15) is 0 Å². The molecule has 0 saturated heterocycles. The molecule has 0 aliphatic rings. The number of benzene rings is 1. The third kappa shape index (κ3) is 4.47. The van der Waals surface area contributed by atoms with Crippen LogP contribution in [0.25, 0.3) is 0 Å². The van der Waals surface area contributed by atoms with Gasteiger partial charge in [0, 0.05) is 22.0 Å². The average molecular weight is 431 g/mol. The van der Waals surface area contributed by atoms with Crippen molar-refractivity contribution in [2.45, 2.75) is 37.6 Å². The van der Waals surface area contributed by atoms with Crippen molar-refractivity contribution in [3.05, 3.63) is 45.8 Å². The first-order chi connectivity index (χ1) is 11.6. The molecular formula is C16H19BrN2O5S. The lowest BCUT2D eigenvalue weighted by Gasteiger charge is -2.16. The van der Waals surface area contributed by atoms with Crippen LogP contribution >= 0.6 is 15.9 Å². The first-order valence-corrected chi connectivity index (χ1v) is 9.65. The minimum atomic E-state index is -3.87. The summed E-state index contributed by atoms with van der Waals surface area (Å²) in [4.78, 5) is 11.6. The van der Waals surface area contributed by atoms with E-state index in [0.29, 0.717) is 15.7 Å². The fourth-order valence-corrected chi connectivity index (χ4v) is 4.20. The van der Waals surface area contributed by atoms with Crippen LogP contribution in [0.15, 0.2) is 38.4 Å². The summed E-state index contributed by atoms with van der Waals surface area (Å²) in [7, 11) is -2.63. The number of carbonyl (C=O) groups excluding carboxylic acids is 1. The molecule has 1 N–H and O–H groups in total. The van der Waals surface area contributed by atoms with Gasteiger partial charge in [0.15, 0.2) is 0 Å². The molecule has 0 atom stereocenters. The van der Waals surface area contributed by atoms with Gasteiger partial charge in [0.1, 0.15) is 6.26 Å². The van der Waals surface area contributed by atoms with Gasteiger partial charge in [-0.25, -0.2) is 17.9 Å². The Hall–Kier alpha value is -1.71. The Morgan fingerprint density at radius 3 is 2.64 bits per heavy atom. The Labute approximate surface area is 154 Å². The standard InChI is InChI=1S/C16H19BrN2O5S/c1-16(2,3)14-11(9-24-19-14)8-18-25(21,22)13-7-10(15(20)23-4)5-6-12(13)17/h5-7,9,18H,8H2,1-4H3. The van der Waals surface area contributed by atoms with Crippen LogP contribution in [0, 0.1) is 0 Å². The van der Waals surface area contributed by atoms with Gasteiger partial charge in [0.25, 0.3) is 0 Å². The molecule has 0 unspecified atom stereocenters. The van der Waals surface area contributed by atoms with E-state index < -0.39 is 16.0 Å². The van der Waals surface area contributed by atoms with Crippen LogP contribution in [0.4, 0.5) is 0 Å². The van der Waals surface area contributed by atoms with Crippen LogP contribution in [0.2, 0.25) is 0 Å². The molecule has 136 valence electrons. The van der Waals surface area contributed by atoms with Gasteiger partial charge in [0.05, 0.1) is 23.3 Å². The number of methoxy groups -OCH3 is 1. The molecule has 1 heterocycles. The molecule has 0 aliphatic heterocycles. The second kappa shape index (κ2) is 7.27. The van der Waals surface area contributed by atoms with Gasteiger partial charge in [-0.05, 0) is 34.1 Å². The van der Waals surface area contributed by atoms with Gasteiger partial charge < -0.3 is 9.26 Å². The Morgan fingerprint density at radius 1 is 1.36 bits per heavy atom. The van der Waals surface area contributed by atoms with E-state index in [0.717, 1.165) is 0 Å². The highest BCUT2D eigenvalue weighted by molar-refractivity contribution is 9.10. The Bertz CT molecular complexity index is 884. The molecule has 0 aliphatic carbocycles. The summed E-state index contributed by atoms with van der Waals surface area (Å²) in [5.41, 5.74) is 1.19. The predicted octanol–water partition coefficient (Wildman–Crippen LogP) is 3.00. The molecule has 0 radical (unpaired) electrons. The van der Waals surface area contributed by atoms with Crippen molar-refractivity contribution in [2.24, 2.45) is 0 Å². The topological polar surface area (TPSA) is 98.5 Å². The quantitative estimate of drug-likeness (QED) is 0.731. The van der Waals surface area contributed by atoms with E-state index in [4.69, 9.17) is 4.52 Å². The summed E-state index contributed by atoms with van der Waals surface area (Å²) in [6.45, 7) is 5.89. The maximum absolute atomic E-state index is 12.6. The SMILES string of the molecule is COC(=O)c1ccc(Br)c(S(=O)(=O)NCc2conc2C(C)(C)C)c1. The lowest BCUT2D eigenvalue weighted by atomic mass is 9.90. The van der Waals surface area contributed by atoms with Crippen molar-refractivity contribution in [3.8, 4) is 0 Å². The number of halogens is 1. The molecule has 2 rings (SSSR count). The molecule has 0 fully saturated rings. The largest absolute Gasteiger partial charge is 0.465 e. The third-order valence-electron chi connectivity index (χ3n) is 3.45. The monoisotopic (exact) mass is 430 g/mol. The van der Waals surface area contributed by atoms with Crippen molar-refractivity contribution in [3.63, 3.8) is 0 Å². The molecule has 1 aromatic carbocycles. The predicted molar refractivity (Wildman–Crippen MR) is 94.7 cm³/mol. The zero-order chi connectivity index (χ0) is 18.8. The highest BCUT2D eigenvalue weighted by Crippen LogP contribution is 2.26. The normalized spacial score (nSPS) is 12.2. The molecule has 25 heavy (non-hydrogen) atoms. The fraction of sp³-hybridized carbons (Fsp3) is 0.375. The number of sulfonamides is 1. The summed E-state index contributed by atoms with van der Waals surface area (Å²) in [6, 6.07) is 4.23. The minimum absolute atomic E-state index is 0.0212. The minimum Gasteiger partial charge on any atom is -0.465 e. The first kappa shape index (κ1) is 19.6. The number of nitrogens with zero attached hydrogens (tertiary/aromatic N) is 1. The lowest BCUT2D eigenvalue weighted by Crippen LogP contribution is -2.25. The van der Waals surface area contributed by atoms with Crippen LogP contribution < -0.4 is 4.72 Å². The van der Waals surface area contributed by atoms with Crippen LogP contribution in [0.1, 0.15) is 42.4 Å². The molecule has 0 saturated carbocycles. The zero-order valence-corrected chi connectivity index (χ0v) is 16.7. The van der Waals surface area contributed by atoms with E-state index in [-0.39, 0.29) is 22.4 Å². The molecular weight excluding hydrogens is 412 g/mol. The zero-order valence-electron chi connectivity index (χ0n) is 14.3. The molecule has 0 spiro atoms. The molecule has 7 nitrogen and oxygen atoms in total. The Kier molecular flexibility index (Phi) is 5.70. The number of hydrogen-bond donors (Lipinski definition) is 1. The Morgan fingerprint density at radius 2 is 2.04 bits per heavy atom. The van der Waals surface area contributed by atoms with Gasteiger partial charge >= 0.3 is 5.97 Å². The van der Waals surface area contributed by atoms with Crippen LogP contribution in [0.5, 0.6) is 0 Å². The molecule has 9 heteroatoms. The van der Waals surface area contributed by atoms with E-state index in [1.807, 2.05) is 20.8 Å². The number of nitrogens with one attached hydrogen (secondary N) is 1. The lowest BCUT2D eigenvalue weighted by molar-refractivity contribution is 0.0600.